The van der Waals surface area contributed by atoms with Gasteiger partial charge in [0.15, 0.2) is 0 Å². The normalized spacial score (nSPS) is 10.8. The molecule has 3 aromatic rings. The number of carbonyl (C=O) groups excluding carboxylic acids is 1. The lowest BCUT2D eigenvalue weighted by Gasteiger charge is -2.05. The largest absolute Gasteiger partial charge is 0.361 e. The van der Waals surface area contributed by atoms with Crippen molar-refractivity contribution in [1.29, 1.82) is 0 Å². The lowest BCUT2D eigenvalue weighted by Crippen LogP contribution is -2.09. The molecule has 25 heavy (non-hydrogen) atoms. The van der Waals surface area contributed by atoms with E-state index in [1.54, 1.807) is 0 Å². The van der Waals surface area contributed by atoms with Crippen molar-refractivity contribution in [3.63, 3.8) is 0 Å². The molecule has 0 saturated heterocycles. The van der Waals surface area contributed by atoms with Crippen molar-refractivity contribution < 1.29 is 9.32 Å². The Bertz CT molecular complexity index is 843. The molecule has 0 unspecified atom stereocenters. The number of aromatic nitrogens is 1. The summed E-state index contributed by atoms with van der Waals surface area (Å²) in [6.45, 7) is 5.98. The molecule has 1 N–H and O–H groups in total. The highest BCUT2D eigenvalue weighted by Crippen LogP contribution is 2.33. The van der Waals surface area contributed by atoms with Gasteiger partial charge in [-0.05, 0) is 56.5 Å². The van der Waals surface area contributed by atoms with Gasteiger partial charge in [-0.25, -0.2) is 0 Å². The predicted octanol–water partition coefficient (Wildman–Crippen LogP) is 5.61. The maximum atomic E-state index is 12.5. The van der Waals surface area contributed by atoms with Gasteiger partial charge in [0.05, 0.1) is 16.1 Å². The maximum absolute atomic E-state index is 12.5. The summed E-state index contributed by atoms with van der Waals surface area (Å²) >= 11 is 1.45. The molecule has 0 aliphatic carbocycles. The Labute approximate surface area is 151 Å². The highest BCUT2D eigenvalue weighted by Gasteiger charge is 2.16. The number of rotatable bonds is 6. The number of aryl methyl sites for hydroxylation is 3. The molecule has 0 aliphatic rings. The zero-order valence-electron chi connectivity index (χ0n) is 14.8. The number of hydrogen-bond acceptors (Lipinski definition) is 4. The molecule has 5 heteroatoms. The molecule has 1 amide bonds. The van der Waals surface area contributed by atoms with Crippen LogP contribution in [0.1, 0.15) is 46.5 Å². The highest BCUT2D eigenvalue weighted by molar-refractivity contribution is 7.17. The molecular weight excluding hydrogens is 332 g/mol. The van der Waals surface area contributed by atoms with Crippen LogP contribution < -0.4 is 5.32 Å². The SMILES string of the molecule is CCCCc1ccc(NC(=O)c2ccc(-c3c(C)noc3C)s2)cc1. The number of anilines is 1. The van der Waals surface area contributed by atoms with Crippen LogP contribution in [0.4, 0.5) is 5.69 Å². The number of nitrogens with zero attached hydrogens (tertiary/aromatic N) is 1. The predicted molar refractivity (Wildman–Crippen MR) is 102 cm³/mol. The minimum absolute atomic E-state index is 0.0932. The zero-order chi connectivity index (χ0) is 17.8. The Morgan fingerprint density at radius 2 is 1.92 bits per heavy atom. The van der Waals surface area contributed by atoms with Crippen LogP contribution in [0.2, 0.25) is 0 Å². The number of unbranched alkanes of at least 4 members (excludes halogenated alkanes) is 1. The van der Waals surface area contributed by atoms with E-state index >= 15 is 0 Å². The van der Waals surface area contributed by atoms with E-state index in [1.807, 2.05) is 38.1 Å². The smallest absolute Gasteiger partial charge is 0.265 e. The van der Waals surface area contributed by atoms with Crippen LogP contribution in [0.3, 0.4) is 0 Å². The average molecular weight is 354 g/mol. The molecule has 0 bridgehead atoms. The van der Waals surface area contributed by atoms with Gasteiger partial charge in [-0.1, -0.05) is 30.6 Å². The molecule has 3 rings (SSSR count). The average Bonchev–Trinajstić information content (AvgIpc) is 3.21. The van der Waals surface area contributed by atoms with Crippen molar-refractivity contribution in [2.24, 2.45) is 0 Å². The molecule has 0 spiro atoms. The minimum Gasteiger partial charge on any atom is -0.361 e. The highest BCUT2D eigenvalue weighted by atomic mass is 32.1. The summed E-state index contributed by atoms with van der Waals surface area (Å²) in [5.41, 5.74) is 3.94. The van der Waals surface area contributed by atoms with Gasteiger partial charge >= 0.3 is 0 Å². The summed E-state index contributed by atoms with van der Waals surface area (Å²) in [5, 5.41) is 6.94. The molecule has 0 atom stereocenters. The molecular formula is C20H22N2O2S. The van der Waals surface area contributed by atoms with Crippen LogP contribution in [-0.4, -0.2) is 11.1 Å². The van der Waals surface area contributed by atoms with Crippen LogP contribution in [0, 0.1) is 13.8 Å². The number of benzene rings is 1. The Kier molecular flexibility index (Phi) is 5.34. The second-order valence-corrected chi connectivity index (χ2v) is 7.20. The third kappa shape index (κ3) is 3.99. The van der Waals surface area contributed by atoms with Crippen molar-refractivity contribution >= 4 is 22.9 Å². The Morgan fingerprint density at radius 1 is 1.16 bits per heavy atom. The number of thiophene rings is 1. The molecule has 130 valence electrons. The topological polar surface area (TPSA) is 55.1 Å². The lowest BCUT2D eigenvalue weighted by molar-refractivity contribution is 0.103. The fourth-order valence-electron chi connectivity index (χ4n) is 2.76. The number of carbonyl (C=O) groups is 1. The summed E-state index contributed by atoms with van der Waals surface area (Å²) < 4.78 is 5.21. The van der Waals surface area contributed by atoms with Gasteiger partial charge in [-0.2, -0.15) is 0 Å². The first-order valence-corrected chi connectivity index (χ1v) is 9.33. The Hall–Kier alpha value is -2.40. The van der Waals surface area contributed by atoms with Crippen LogP contribution >= 0.6 is 11.3 Å². The Balaban J connectivity index is 1.70. The molecule has 0 radical (unpaired) electrons. The van der Waals surface area contributed by atoms with E-state index in [-0.39, 0.29) is 5.91 Å². The fourth-order valence-corrected chi connectivity index (χ4v) is 3.80. The monoisotopic (exact) mass is 354 g/mol. The maximum Gasteiger partial charge on any atom is 0.265 e. The number of amides is 1. The third-order valence-corrected chi connectivity index (χ3v) is 5.24. The van der Waals surface area contributed by atoms with Crippen LogP contribution in [0.15, 0.2) is 40.9 Å². The minimum atomic E-state index is -0.0932. The van der Waals surface area contributed by atoms with Gasteiger partial charge in [-0.3, -0.25) is 4.79 Å². The fraction of sp³-hybridized carbons (Fsp3) is 0.300. The molecule has 0 saturated carbocycles. The van der Waals surface area contributed by atoms with Crippen LogP contribution in [0.25, 0.3) is 10.4 Å². The Morgan fingerprint density at radius 3 is 2.56 bits per heavy atom. The molecule has 4 nitrogen and oxygen atoms in total. The first kappa shape index (κ1) is 17.4. The van der Waals surface area contributed by atoms with Gasteiger partial charge < -0.3 is 9.84 Å². The van der Waals surface area contributed by atoms with Crippen molar-refractivity contribution in [2.75, 3.05) is 5.32 Å². The van der Waals surface area contributed by atoms with Gasteiger partial charge in [0, 0.05) is 10.6 Å². The second-order valence-electron chi connectivity index (χ2n) is 6.12. The van der Waals surface area contributed by atoms with Crippen LogP contribution in [0.5, 0.6) is 0 Å². The summed E-state index contributed by atoms with van der Waals surface area (Å²) in [7, 11) is 0. The molecule has 1 aromatic carbocycles. The van der Waals surface area contributed by atoms with E-state index in [0.717, 1.165) is 34.0 Å². The van der Waals surface area contributed by atoms with E-state index in [1.165, 1.54) is 29.7 Å². The summed E-state index contributed by atoms with van der Waals surface area (Å²) in [6.07, 6.45) is 3.45. The van der Waals surface area contributed by atoms with Gasteiger partial charge in [0.25, 0.3) is 5.91 Å². The molecule has 0 fully saturated rings. The van der Waals surface area contributed by atoms with E-state index < -0.39 is 0 Å². The molecule has 0 aliphatic heterocycles. The summed E-state index contributed by atoms with van der Waals surface area (Å²) in [4.78, 5) is 14.2. The van der Waals surface area contributed by atoms with Gasteiger partial charge in [-0.15, -0.1) is 11.3 Å². The van der Waals surface area contributed by atoms with Crippen molar-refractivity contribution in [1.82, 2.24) is 5.16 Å². The van der Waals surface area contributed by atoms with Crippen molar-refractivity contribution in [2.45, 2.75) is 40.0 Å². The van der Waals surface area contributed by atoms with Gasteiger partial charge in [0.1, 0.15) is 5.76 Å². The van der Waals surface area contributed by atoms with Crippen molar-refractivity contribution in [3.8, 4) is 10.4 Å². The molecule has 2 aromatic heterocycles. The summed E-state index contributed by atoms with van der Waals surface area (Å²) in [6, 6.07) is 11.9. The second kappa shape index (κ2) is 7.66. The van der Waals surface area contributed by atoms with E-state index in [9.17, 15) is 4.79 Å². The molecule has 2 heterocycles. The number of nitrogens with one attached hydrogen (secondary N) is 1. The quantitative estimate of drug-likeness (QED) is 0.625. The van der Waals surface area contributed by atoms with Crippen molar-refractivity contribution in [3.05, 3.63) is 58.3 Å². The third-order valence-electron chi connectivity index (χ3n) is 4.14. The van der Waals surface area contributed by atoms with Gasteiger partial charge in [0.2, 0.25) is 0 Å². The lowest BCUT2D eigenvalue weighted by atomic mass is 10.1. The number of hydrogen-bond donors (Lipinski definition) is 1. The standard InChI is InChI=1S/C20H22N2O2S/c1-4-5-6-15-7-9-16(10-8-15)21-20(23)18-12-11-17(25-18)19-13(2)22-24-14(19)3/h7-12H,4-6H2,1-3H3,(H,21,23). The van der Waals surface area contributed by atoms with E-state index in [4.69, 9.17) is 4.52 Å². The van der Waals surface area contributed by atoms with Crippen LogP contribution in [-0.2, 0) is 6.42 Å². The van der Waals surface area contributed by atoms with E-state index in [2.05, 4.69) is 29.5 Å². The zero-order valence-corrected chi connectivity index (χ0v) is 15.6. The van der Waals surface area contributed by atoms with E-state index in [0.29, 0.717) is 4.88 Å². The first-order chi connectivity index (χ1) is 12.1. The first-order valence-electron chi connectivity index (χ1n) is 8.52. The summed E-state index contributed by atoms with van der Waals surface area (Å²) in [5.74, 6) is 0.679.